The third kappa shape index (κ3) is 5.65. The first-order valence-electron chi connectivity index (χ1n) is 9.38. The Morgan fingerprint density at radius 2 is 1.70 bits per heavy atom. The number of hydrogen-bond donors (Lipinski definition) is 0. The maximum Gasteiger partial charge on any atom is 0.308 e. The average Bonchev–Trinajstić information content (AvgIpc) is 2.70. The minimum absolute atomic E-state index is 0.0582. The monoisotopic (exact) mass is 445 g/mol. The molecule has 0 spiro atoms. The second-order valence-corrected chi connectivity index (χ2v) is 7.65. The van der Waals surface area contributed by atoms with Crippen LogP contribution in [0.15, 0.2) is 59.4 Å². The van der Waals surface area contributed by atoms with E-state index in [1.807, 2.05) is 31.2 Å². The third-order valence-corrected chi connectivity index (χ3v) is 5.09. The van der Waals surface area contributed by atoms with Crippen molar-refractivity contribution in [2.75, 3.05) is 0 Å². The van der Waals surface area contributed by atoms with Gasteiger partial charge in [0.05, 0.1) is 10.7 Å². The van der Waals surface area contributed by atoms with Crippen molar-refractivity contribution in [1.29, 1.82) is 0 Å². The summed E-state index contributed by atoms with van der Waals surface area (Å²) in [6, 6.07) is 16.2. The number of nitrogens with zero attached hydrogens (tertiary/aromatic N) is 1. The van der Waals surface area contributed by atoms with Gasteiger partial charge in [0.15, 0.2) is 0 Å². The molecule has 0 saturated heterocycles. The van der Waals surface area contributed by atoms with Crippen molar-refractivity contribution in [2.45, 2.75) is 33.4 Å². The maximum absolute atomic E-state index is 12.7. The number of carbonyl (C=O) groups excluding carboxylic acids is 1. The number of aryl methyl sites for hydroxylation is 2. The summed E-state index contributed by atoms with van der Waals surface area (Å²) in [5.41, 5.74) is 2.48. The molecule has 1 heterocycles. The fourth-order valence-corrected chi connectivity index (χ4v) is 3.49. The highest BCUT2D eigenvalue weighted by molar-refractivity contribution is 6.34. The molecule has 0 bridgehead atoms. The number of halogens is 2. The highest BCUT2D eigenvalue weighted by Crippen LogP contribution is 2.24. The SMILES string of the molecule is CC(=O)Oc1cccc(OCc2c(Cl)cc(Cl)c(=O)n2CCc2ccc(C)cc2)c1. The minimum Gasteiger partial charge on any atom is -0.487 e. The van der Waals surface area contributed by atoms with Crippen LogP contribution in [0.2, 0.25) is 10.0 Å². The number of esters is 1. The summed E-state index contributed by atoms with van der Waals surface area (Å²) in [6.45, 7) is 3.82. The Hall–Kier alpha value is -2.76. The van der Waals surface area contributed by atoms with Gasteiger partial charge in [-0.05, 0) is 37.1 Å². The molecule has 0 fully saturated rings. The Morgan fingerprint density at radius 3 is 2.40 bits per heavy atom. The molecule has 1 aromatic heterocycles. The molecule has 0 saturated carbocycles. The number of ether oxygens (including phenoxy) is 2. The molecule has 2 aromatic carbocycles. The van der Waals surface area contributed by atoms with Crippen LogP contribution in [0, 0.1) is 6.92 Å². The van der Waals surface area contributed by atoms with Crippen molar-refractivity contribution in [3.05, 3.63) is 91.8 Å². The molecule has 0 N–H and O–H groups in total. The van der Waals surface area contributed by atoms with E-state index in [1.165, 1.54) is 18.6 Å². The van der Waals surface area contributed by atoms with E-state index in [0.717, 1.165) is 5.56 Å². The van der Waals surface area contributed by atoms with Crippen molar-refractivity contribution in [2.24, 2.45) is 0 Å². The quantitative estimate of drug-likeness (QED) is 0.369. The first-order valence-corrected chi connectivity index (χ1v) is 10.1. The second-order valence-electron chi connectivity index (χ2n) is 6.84. The van der Waals surface area contributed by atoms with Crippen molar-refractivity contribution >= 4 is 29.2 Å². The molecule has 30 heavy (non-hydrogen) atoms. The number of rotatable bonds is 7. The van der Waals surface area contributed by atoms with Crippen LogP contribution >= 0.6 is 23.2 Å². The Morgan fingerprint density at radius 1 is 1.00 bits per heavy atom. The van der Waals surface area contributed by atoms with Crippen molar-refractivity contribution in [1.82, 2.24) is 4.57 Å². The normalized spacial score (nSPS) is 10.7. The summed E-state index contributed by atoms with van der Waals surface area (Å²) < 4.78 is 12.4. The first kappa shape index (κ1) is 21.9. The van der Waals surface area contributed by atoms with Crippen LogP contribution in [0.25, 0.3) is 0 Å². The first-order chi connectivity index (χ1) is 14.3. The summed E-state index contributed by atoms with van der Waals surface area (Å²) in [7, 11) is 0. The predicted molar refractivity (Wildman–Crippen MR) is 118 cm³/mol. The Bertz CT molecular complexity index is 1110. The lowest BCUT2D eigenvalue weighted by Gasteiger charge is -2.16. The summed E-state index contributed by atoms with van der Waals surface area (Å²) in [5.74, 6) is 0.439. The van der Waals surface area contributed by atoms with Gasteiger partial charge >= 0.3 is 5.97 Å². The summed E-state index contributed by atoms with van der Waals surface area (Å²) in [6.07, 6.45) is 0.645. The number of carbonyl (C=O) groups is 1. The van der Waals surface area contributed by atoms with Crippen LogP contribution in [0.4, 0.5) is 0 Å². The zero-order valence-corrected chi connectivity index (χ0v) is 18.2. The third-order valence-electron chi connectivity index (χ3n) is 4.49. The van der Waals surface area contributed by atoms with Gasteiger partial charge in [0.1, 0.15) is 23.1 Å². The highest BCUT2D eigenvalue weighted by atomic mass is 35.5. The average molecular weight is 446 g/mol. The smallest absolute Gasteiger partial charge is 0.308 e. The second kappa shape index (κ2) is 9.83. The molecule has 0 atom stereocenters. The molecule has 0 aliphatic rings. The van der Waals surface area contributed by atoms with Gasteiger partial charge in [-0.2, -0.15) is 0 Å². The highest BCUT2D eigenvalue weighted by Gasteiger charge is 2.14. The van der Waals surface area contributed by atoms with Crippen LogP contribution in [0.5, 0.6) is 11.5 Å². The molecule has 0 radical (unpaired) electrons. The molecule has 5 nitrogen and oxygen atoms in total. The molecular weight excluding hydrogens is 425 g/mol. The lowest BCUT2D eigenvalue weighted by Crippen LogP contribution is -2.26. The van der Waals surface area contributed by atoms with Crippen LogP contribution in [-0.2, 0) is 24.4 Å². The maximum atomic E-state index is 12.7. The van der Waals surface area contributed by atoms with Crippen molar-refractivity contribution in [3.63, 3.8) is 0 Å². The van der Waals surface area contributed by atoms with E-state index in [2.05, 4.69) is 0 Å². The molecule has 0 aliphatic heterocycles. The zero-order chi connectivity index (χ0) is 21.7. The summed E-state index contributed by atoms with van der Waals surface area (Å²) >= 11 is 12.5. The van der Waals surface area contributed by atoms with E-state index in [9.17, 15) is 9.59 Å². The fourth-order valence-electron chi connectivity index (χ4n) is 2.96. The molecule has 3 aromatic rings. The van der Waals surface area contributed by atoms with Crippen LogP contribution in [0.1, 0.15) is 23.7 Å². The van der Waals surface area contributed by atoms with E-state index in [1.54, 1.807) is 28.8 Å². The Balaban J connectivity index is 1.81. The van der Waals surface area contributed by atoms with E-state index in [-0.39, 0.29) is 17.2 Å². The number of benzene rings is 2. The fraction of sp³-hybridized carbons (Fsp3) is 0.217. The molecule has 0 unspecified atom stereocenters. The Kier molecular flexibility index (Phi) is 7.19. The minimum atomic E-state index is -0.419. The van der Waals surface area contributed by atoms with Gasteiger partial charge in [0.2, 0.25) is 0 Å². The topological polar surface area (TPSA) is 57.5 Å². The van der Waals surface area contributed by atoms with E-state index in [4.69, 9.17) is 32.7 Å². The van der Waals surface area contributed by atoms with Gasteiger partial charge in [-0.15, -0.1) is 0 Å². The van der Waals surface area contributed by atoms with Crippen LogP contribution in [0.3, 0.4) is 0 Å². The molecule has 0 amide bonds. The lowest BCUT2D eigenvalue weighted by molar-refractivity contribution is -0.131. The standard InChI is InChI=1S/C23H21Cl2NO4/c1-15-6-8-17(9-7-15)10-11-26-22(20(24)13-21(25)23(26)28)14-29-18-4-3-5-19(12-18)30-16(2)27/h3-9,12-13H,10-11,14H2,1-2H3. The van der Waals surface area contributed by atoms with Gasteiger partial charge in [0, 0.05) is 19.5 Å². The number of aromatic nitrogens is 1. The summed E-state index contributed by atoms with van der Waals surface area (Å²) in [5, 5.41) is 0.407. The molecular formula is C23H21Cl2NO4. The molecule has 7 heteroatoms. The lowest BCUT2D eigenvalue weighted by atomic mass is 10.1. The predicted octanol–water partition coefficient (Wildman–Crippen LogP) is 5.21. The van der Waals surface area contributed by atoms with Crippen molar-refractivity contribution < 1.29 is 14.3 Å². The molecule has 0 aliphatic carbocycles. The molecule has 156 valence electrons. The van der Waals surface area contributed by atoms with Gasteiger partial charge < -0.3 is 14.0 Å². The largest absolute Gasteiger partial charge is 0.487 e. The zero-order valence-electron chi connectivity index (χ0n) is 16.7. The Labute approximate surface area is 184 Å². The van der Waals surface area contributed by atoms with E-state index < -0.39 is 5.97 Å². The van der Waals surface area contributed by atoms with Crippen molar-refractivity contribution in [3.8, 4) is 11.5 Å². The van der Waals surface area contributed by atoms with Crippen LogP contribution in [-0.4, -0.2) is 10.5 Å². The van der Waals surface area contributed by atoms with E-state index >= 15 is 0 Å². The van der Waals surface area contributed by atoms with Gasteiger partial charge in [-0.1, -0.05) is 59.1 Å². The number of hydrogen-bond acceptors (Lipinski definition) is 4. The van der Waals surface area contributed by atoms with Gasteiger partial charge in [-0.3, -0.25) is 9.59 Å². The van der Waals surface area contributed by atoms with E-state index in [0.29, 0.717) is 35.2 Å². The van der Waals surface area contributed by atoms with Gasteiger partial charge in [-0.25, -0.2) is 0 Å². The van der Waals surface area contributed by atoms with Gasteiger partial charge in [0.25, 0.3) is 5.56 Å². The molecule has 3 rings (SSSR count). The van der Waals surface area contributed by atoms with Crippen LogP contribution < -0.4 is 15.0 Å². The number of pyridine rings is 1. The summed E-state index contributed by atoms with van der Waals surface area (Å²) in [4.78, 5) is 23.8.